The zero-order valence-electron chi connectivity index (χ0n) is 17.4. The van der Waals surface area contributed by atoms with Crippen molar-refractivity contribution in [3.63, 3.8) is 0 Å². The number of ether oxygens (including phenoxy) is 1. The molecule has 4 heterocycles. The molecule has 2 fully saturated rings. The van der Waals surface area contributed by atoms with Crippen LogP contribution in [0.4, 0.5) is 10.7 Å². The first-order chi connectivity index (χ1) is 14.0. The number of fused-ring (bicyclic) bond motifs is 3. The van der Waals surface area contributed by atoms with Crippen LogP contribution in [-0.2, 0) is 16.1 Å². The number of carbonyl (C=O) groups is 2. The number of aromatic nitrogens is 2. The molecule has 0 aromatic carbocycles. The number of aliphatic imine (C=N–C) groups is 1. The Kier molecular flexibility index (Phi) is 5.51. The number of likely N-dealkylation sites (N-methyl/N-ethyl adjacent to an activating group) is 1. The minimum Gasteiger partial charge on any atom is -0.379 e. The van der Waals surface area contributed by atoms with Gasteiger partial charge in [0.25, 0.3) is 5.91 Å². The van der Waals surface area contributed by atoms with E-state index in [9.17, 15) is 9.59 Å². The Morgan fingerprint density at radius 2 is 2.03 bits per heavy atom. The van der Waals surface area contributed by atoms with E-state index in [2.05, 4.69) is 9.47 Å². The smallest absolute Gasteiger partial charge is 0.379 e. The van der Waals surface area contributed by atoms with E-state index in [1.165, 1.54) is 9.80 Å². The minimum atomic E-state index is -0.572. The number of imidazole rings is 1. The highest BCUT2D eigenvalue weighted by Crippen LogP contribution is 2.29. The molecule has 9 heteroatoms. The first kappa shape index (κ1) is 19.8. The van der Waals surface area contributed by atoms with Crippen molar-refractivity contribution in [2.75, 3.05) is 46.4 Å². The number of hydrogen-bond donors (Lipinski definition) is 0. The molecule has 1 aromatic rings. The maximum atomic E-state index is 13.1. The van der Waals surface area contributed by atoms with E-state index in [4.69, 9.17) is 9.73 Å². The molecule has 2 saturated heterocycles. The van der Waals surface area contributed by atoms with Crippen LogP contribution in [0.1, 0.15) is 25.1 Å². The highest BCUT2D eigenvalue weighted by Gasteiger charge is 2.52. The summed E-state index contributed by atoms with van der Waals surface area (Å²) in [6.45, 7) is 9.57. The SMILES string of the molecule is C/C=C/CN1C(=O)C2C(=Nc3n(CCCN4CCOCC4)c(C)c[n+]32)N(C)C1=O. The van der Waals surface area contributed by atoms with Gasteiger partial charge in [0.2, 0.25) is 11.9 Å². The Morgan fingerprint density at radius 3 is 2.76 bits per heavy atom. The topological polar surface area (TPSA) is 74.3 Å². The van der Waals surface area contributed by atoms with Gasteiger partial charge < -0.3 is 4.74 Å². The van der Waals surface area contributed by atoms with Gasteiger partial charge in [0, 0.05) is 33.2 Å². The van der Waals surface area contributed by atoms with E-state index in [1.807, 2.05) is 36.8 Å². The van der Waals surface area contributed by atoms with Crippen LogP contribution >= 0.6 is 0 Å². The molecule has 1 aromatic heterocycles. The lowest BCUT2D eigenvalue weighted by molar-refractivity contribution is -0.677. The Morgan fingerprint density at radius 1 is 1.28 bits per heavy atom. The number of hydrogen-bond acceptors (Lipinski definition) is 5. The van der Waals surface area contributed by atoms with E-state index in [0.29, 0.717) is 5.84 Å². The molecule has 29 heavy (non-hydrogen) atoms. The summed E-state index contributed by atoms with van der Waals surface area (Å²) in [6.07, 6.45) is 6.62. The second-order valence-corrected chi connectivity index (χ2v) is 7.67. The van der Waals surface area contributed by atoms with E-state index < -0.39 is 6.04 Å². The number of allylic oxidation sites excluding steroid dienone is 1. The van der Waals surface area contributed by atoms with Crippen LogP contribution in [-0.4, -0.2) is 83.5 Å². The van der Waals surface area contributed by atoms with E-state index in [0.717, 1.165) is 57.5 Å². The van der Waals surface area contributed by atoms with Gasteiger partial charge >= 0.3 is 12.0 Å². The van der Waals surface area contributed by atoms with E-state index in [-0.39, 0.29) is 18.5 Å². The Balaban J connectivity index is 1.54. The predicted molar refractivity (Wildman–Crippen MR) is 107 cm³/mol. The zero-order chi connectivity index (χ0) is 20.5. The van der Waals surface area contributed by atoms with Gasteiger partial charge in [0.1, 0.15) is 11.9 Å². The third-order valence-electron chi connectivity index (χ3n) is 5.81. The molecule has 4 rings (SSSR count). The van der Waals surface area contributed by atoms with Crippen LogP contribution in [0.25, 0.3) is 0 Å². The highest BCUT2D eigenvalue weighted by molar-refractivity contribution is 6.19. The molecular weight excluding hydrogens is 372 g/mol. The maximum Gasteiger partial charge on any atom is 0.401 e. The molecule has 9 nitrogen and oxygen atoms in total. The second-order valence-electron chi connectivity index (χ2n) is 7.67. The van der Waals surface area contributed by atoms with Crippen molar-refractivity contribution in [3.05, 3.63) is 24.0 Å². The van der Waals surface area contributed by atoms with Crippen molar-refractivity contribution >= 4 is 23.7 Å². The van der Waals surface area contributed by atoms with Crippen molar-refractivity contribution in [2.45, 2.75) is 32.9 Å². The zero-order valence-corrected chi connectivity index (χ0v) is 17.4. The fourth-order valence-electron chi connectivity index (χ4n) is 4.16. The monoisotopic (exact) mass is 401 g/mol. The molecule has 3 aliphatic heterocycles. The molecule has 3 amide bonds. The molecule has 0 saturated carbocycles. The van der Waals surface area contributed by atoms with Crippen LogP contribution in [0.2, 0.25) is 0 Å². The van der Waals surface area contributed by atoms with Gasteiger partial charge in [0.05, 0.1) is 19.8 Å². The van der Waals surface area contributed by atoms with E-state index in [1.54, 1.807) is 7.05 Å². The molecule has 0 aliphatic carbocycles. The number of urea groups is 1. The number of carbonyl (C=O) groups excluding carboxylic acids is 2. The van der Waals surface area contributed by atoms with Gasteiger partial charge in [-0.1, -0.05) is 17.1 Å². The van der Waals surface area contributed by atoms with Crippen molar-refractivity contribution in [1.82, 2.24) is 19.3 Å². The van der Waals surface area contributed by atoms with Crippen LogP contribution in [0.15, 0.2) is 23.3 Å². The number of amides is 3. The molecule has 0 spiro atoms. The van der Waals surface area contributed by atoms with Gasteiger partial charge in [-0.3, -0.25) is 19.5 Å². The number of imide groups is 1. The van der Waals surface area contributed by atoms with Crippen molar-refractivity contribution in [2.24, 2.45) is 4.99 Å². The number of rotatable bonds is 6. The molecule has 1 unspecified atom stereocenters. The molecule has 1 atom stereocenters. The van der Waals surface area contributed by atoms with Crippen LogP contribution in [0.3, 0.4) is 0 Å². The van der Waals surface area contributed by atoms with Crippen molar-refractivity contribution < 1.29 is 18.9 Å². The first-order valence-corrected chi connectivity index (χ1v) is 10.2. The molecule has 0 bridgehead atoms. The predicted octanol–water partition coefficient (Wildman–Crippen LogP) is 0.861. The Labute approximate surface area is 170 Å². The largest absolute Gasteiger partial charge is 0.401 e. The maximum absolute atomic E-state index is 13.1. The summed E-state index contributed by atoms with van der Waals surface area (Å²) in [5.74, 6) is 1.03. The quantitative estimate of drug-likeness (QED) is 0.524. The highest BCUT2D eigenvalue weighted by atomic mass is 16.5. The van der Waals surface area contributed by atoms with Gasteiger partial charge in [-0.05, 0) is 20.3 Å². The van der Waals surface area contributed by atoms with E-state index >= 15 is 0 Å². The van der Waals surface area contributed by atoms with Gasteiger partial charge in [-0.15, -0.1) is 0 Å². The van der Waals surface area contributed by atoms with Crippen LogP contribution in [0, 0.1) is 6.92 Å². The summed E-state index contributed by atoms with van der Waals surface area (Å²) in [5.41, 5.74) is 1.07. The van der Waals surface area contributed by atoms with Gasteiger partial charge in [-0.2, -0.15) is 0 Å². The third kappa shape index (κ3) is 3.49. The normalized spacial score (nSPS) is 22.4. The minimum absolute atomic E-state index is 0.223. The summed E-state index contributed by atoms with van der Waals surface area (Å²) in [4.78, 5) is 35.6. The fourth-order valence-corrected chi connectivity index (χ4v) is 4.16. The summed E-state index contributed by atoms with van der Waals surface area (Å²) in [7, 11) is 1.69. The number of morpholine rings is 1. The lowest BCUT2D eigenvalue weighted by atomic mass is 10.1. The lowest BCUT2D eigenvalue weighted by Gasteiger charge is -2.32. The average Bonchev–Trinajstić information content (AvgIpc) is 3.23. The third-order valence-corrected chi connectivity index (χ3v) is 5.81. The number of aryl methyl sites for hydroxylation is 1. The lowest BCUT2D eigenvalue weighted by Crippen LogP contribution is -2.62. The standard InChI is InChI=1S/C20H29N6O3/c1-4-5-8-25-18(27)16-17(22(3)20(25)28)21-19-24(15(2)14-26(16)19)9-6-7-23-10-12-29-13-11-23/h4-5,14,16H,6-13H2,1-3H3/q+1/b5-4+. The first-order valence-electron chi connectivity index (χ1n) is 10.2. The van der Waals surface area contributed by atoms with Crippen molar-refractivity contribution in [1.29, 1.82) is 0 Å². The number of nitrogens with zero attached hydrogens (tertiary/aromatic N) is 6. The molecule has 0 N–H and O–H groups in total. The molecule has 0 radical (unpaired) electrons. The molecule has 156 valence electrons. The van der Waals surface area contributed by atoms with Crippen LogP contribution < -0.4 is 4.57 Å². The van der Waals surface area contributed by atoms with Gasteiger partial charge in [0.15, 0.2) is 0 Å². The summed E-state index contributed by atoms with van der Waals surface area (Å²) in [6, 6.07) is -0.901. The molecular formula is C20H29N6O3+. The Bertz CT molecular complexity index is 868. The summed E-state index contributed by atoms with van der Waals surface area (Å²) >= 11 is 0. The van der Waals surface area contributed by atoms with Crippen molar-refractivity contribution in [3.8, 4) is 0 Å². The summed E-state index contributed by atoms with van der Waals surface area (Å²) in [5, 5.41) is 0. The van der Waals surface area contributed by atoms with Gasteiger partial charge in [-0.25, -0.2) is 13.9 Å². The summed E-state index contributed by atoms with van der Waals surface area (Å²) < 4.78 is 9.46. The van der Waals surface area contributed by atoms with Crippen LogP contribution in [0.5, 0.6) is 0 Å². The fraction of sp³-hybridized carbons (Fsp3) is 0.600. The Hall–Kier alpha value is -2.52. The second kappa shape index (κ2) is 8.08. The molecule has 3 aliphatic rings. The number of amidine groups is 1. The average molecular weight is 401 g/mol.